The van der Waals surface area contributed by atoms with Gasteiger partial charge in [-0.25, -0.2) is 9.37 Å². The second kappa shape index (κ2) is 5.14. The van der Waals surface area contributed by atoms with Crippen molar-refractivity contribution in [1.82, 2.24) is 4.98 Å². The number of pyridine rings is 1. The Balaban J connectivity index is 2.40. The first-order valence-corrected chi connectivity index (χ1v) is 5.70. The number of hydrogen-bond donors (Lipinski definition) is 1. The van der Waals surface area contributed by atoms with Crippen LogP contribution < -0.4 is 10.5 Å². The van der Waals surface area contributed by atoms with Gasteiger partial charge in [0.25, 0.3) is 0 Å². The highest BCUT2D eigenvalue weighted by Gasteiger charge is 2.11. The number of nitrogens with zero attached hydrogens (tertiary/aromatic N) is 1. The lowest BCUT2D eigenvalue weighted by atomic mass is 10.1. The zero-order valence-corrected chi connectivity index (χ0v) is 10.4. The lowest BCUT2D eigenvalue weighted by Gasteiger charge is -2.11. The molecule has 0 atom stereocenters. The molecule has 0 aliphatic heterocycles. The molecule has 0 saturated carbocycles. The van der Waals surface area contributed by atoms with Crippen LogP contribution in [0.15, 0.2) is 30.5 Å². The summed E-state index contributed by atoms with van der Waals surface area (Å²) in [7, 11) is 0. The smallest absolute Gasteiger partial charge is 0.224 e. The number of aromatic nitrogens is 1. The monoisotopic (exact) mass is 246 g/mol. The molecule has 0 radical (unpaired) electrons. The first-order valence-electron chi connectivity index (χ1n) is 5.70. The normalized spacial score (nSPS) is 10.4. The van der Waals surface area contributed by atoms with E-state index < -0.39 is 5.82 Å². The lowest BCUT2D eigenvalue weighted by Crippen LogP contribution is -2.04. The van der Waals surface area contributed by atoms with Gasteiger partial charge in [0.05, 0.1) is 0 Å². The lowest BCUT2D eigenvalue weighted by molar-refractivity contribution is 0.422. The van der Waals surface area contributed by atoms with Crippen molar-refractivity contribution in [3.05, 3.63) is 53.0 Å². The SMILES string of the molecule is Cc1ccc(F)c(Oc2nccc(C)c2CN)c1. The van der Waals surface area contributed by atoms with Crippen LogP contribution in [0.1, 0.15) is 16.7 Å². The van der Waals surface area contributed by atoms with Crippen molar-refractivity contribution >= 4 is 0 Å². The number of hydrogen-bond acceptors (Lipinski definition) is 3. The Morgan fingerprint density at radius 3 is 2.78 bits per heavy atom. The van der Waals surface area contributed by atoms with E-state index in [0.717, 1.165) is 16.7 Å². The Hall–Kier alpha value is -1.94. The molecule has 0 fully saturated rings. The Kier molecular flexibility index (Phi) is 3.58. The highest BCUT2D eigenvalue weighted by molar-refractivity contribution is 5.38. The maximum atomic E-state index is 13.6. The van der Waals surface area contributed by atoms with Crippen LogP contribution in [-0.4, -0.2) is 4.98 Å². The molecule has 0 bridgehead atoms. The van der Waals surface area contributed by atoms with Gasteiger partial charge < -0.3 is 10.5 Å². The highest BCUT2D eigenvalue weighted by Crippen LogP contribution is 2.27. The predicted octanol–water partition coefficient (Wildman–Crippen LogP) is 3.09. The van der Waals surface area contributed by atoms with E-state index in [2.05, 4.69) is 4.98 Å². The standard InChI is InChI=1S/C14H15FN2O/c1-9-3-4-12(15)13(7-9)18-14-11(8-16)10(2)5-6-17-14/h3-7H,8,16H2,1-2H3. The molecule has 0 spiro atoms. The zero-order chi connectivity index (χ0) is 13.1. The summed E-state index contributed by atoms with van der Waals surface area (Å²) in [6.07, 6.45) is 1.62. The third-order valence-corrected chi connectivity index (χ3v) is 2.75. The second-order valence-electron chi connectivity index (χ2n) is 4.15. The highest BCUT2D eigenvalue weighted by atomic mass is 19.1. The van der Waals surface area contributed by atoms with E-state index in [0.29, 0.717) is 12.4 Å². The van der Waals surface area contributed by atoms with Crippen LogP contribution in [-0.2, 0) is 6.54 Å². The molecule has 0 amide bonds. The van der Waals surface area contributed by atoms with E-state index in [4.69, 9.17) is 10.5 Å². The third-order valence-electron chi connectivity index (χ3n) is 2.75. The Morgan fingerprint density at radius 2 is 2.06 bits per heavy atom. The van der Waals surface area contributed by atoms with Gasteiger partial charge in [-0.05, 0) is 43.2 Å². The fourth-order valence-electron chi connectivity index (χ4n) is 1.69. The van der Waals surface area contributed by atoms with E-state index in [1.54, 1.807) is 18.3 Å². The summed E-state index contributed by atoms with van der Waals surface area (Å²) >= 11 is 0. The van der Waals surface area contributed by atoms with Crippen LogP contribution in [0, 0.1) is 19.7 Å². The van der Waals surface area contributed by atoms with Gasteiger partial charge in [-0.15, -0.1) is 0 Å². The molecule has 0 aliphatic rings. The molecule has 94 valence electrons. The molecule has 1 aromatic carbocycles. The van der Waals surface area contributed by atoms with Crippen LogP contribution >= 0.6 is 0 Å². The minimum Gasteiger partial charge on any atom is -0.436 e. The Labute approximate surface area is 105 Å². The molecule has 0 saturated heterocycles. The molecule has 2 rings (SSSR count). The van der Waals surface area contributed by atoms with Crippen LogP contribution in [0.4, 0.5) is 4.39 Å². The molecule has 3 nitrogen and oxygen atoms in total. The summed E-state index contributed by atoms with van der Waals surface area (Å²) in [4.78, 5) is 4.11. The van der Waals surface area contributed by atoms with Gasteiger partial charge in [0, 0.05) is 18.3 Å². The van der Waals surface area contributed by atoms with Gasteiger partial charge in [-0.1, -0.05) is 6.07 Å². The fraction of sp³-hybridized carbons (Fsp3) is 0.214. The summed E-state index contributed by atoms with van der Waals surface area (Å²) in [5, 5.41) is 0. The average molecular weight is 246 g/mol. The Bertz CT molecular complexity index is 570. The number of rotatable bonds is 3. The molecule has 2 aromatic rings. The number of benzene rings is 1. The molecule has 18 heavy (non-hydrogen) atoms. The number of nitrogens with two attached hydrogens (primary N) is 1. The van der Waals surface area contributed by atoms with E-state index in [-0.39, 0.29) is 5.75 Å². The summed E-state index contributed by atoms with van der Waals surface area (Å²) in [5.74, 6) is 0.122. The van der Waals surface area contributed by atoms with Crippen LogP contribution in [0.2, 0.25) is 0 Å². The summed E-state index contributed by atoms with van der Waals surface area (Å²) in [6.45, 7) is 4.10. The zero-order valence-electron chi connectivity index (χ0n) is 10.4. The van der Waals surface area contributed by atoms with Crippen molar-refractivity contribution in [2.75, 3.05) is 0 Å². The topological polar surface area (TPSA) is 48.1 Å². The largest absolute Gasteiger partial charge is 0.436 e. The van der Waals surface area contributed by atoms with Gasteiger partial charge in [0.2, 0.25) is 5.88 Å². The fourth-order valence-corrected chi connectivity index (χ4v) is 1.69. The van der Waals surface area contributed by atoms with Gasteiger partial charge in [0.15, 0.2) is 11.6 Å². The summed E-state index contributed by atoms with van der Waals surface area (Å²) in [5.41, 5.74) is 8.36. The van der Waals surface area contributed by atoms with Crippen molar-refractivity contribution in [1.29, 1.82) is 0 Å². The van der Waals surface area contributed by atoms with Gasteiger partial charge in [-0.2, -0.15) is 0 Å². The van der Waals surface area contributed by atoms with E-state index in [1.807, 2.05) is 19.9 Å². The van der Waals surface area contributed by atoms with Gasteiger partial charge >= 0.3 is 0 Å². The van der Waals surface area contributed by atoms with E-state index in [9.17, 15) is 4.39 Å². The minimum absolute atomic E-state index is 0.169. The van der Waals surface area contributed by atoms with Gasteiger partial charge in [-0.3, -0.25) is 0 Å². The van der Waals surface area contributed by atoms with Gasteiger partial charge in [0.1, 0.15) is 0 Å². The van der Waals surface area contributed by atoms with E-state index >= 15 is 0 Å². The summed E-state index contributed by atoms with van der Waals surface area (Å²) in [6, 6.07) is 6.56. The predicted molar refractivity (Wildman–Crippen MR) is 68.1 cm³/mol. The molecule has 0 aliphatic carbocycles. The maximum absolute atomic E-state index is 13.6. The van der Waals surface area contributed by atoms with Crippen LogP contribution in [0.25, 0.3) is 0 Å². The first kappa shape index (κ1) is 12.5. The minimum atomic E-state index is -0.410. The molecule has 0 unspecified atom stereocenters. The Morgan fingerprint density at radius 1 is 1.28 bits per heavy atom. The summed E-state index contributed by atoms with van der Waals surface area (Å²) < 4.78 is 19.1. The quantitative estimate of drug-likeness (QED) is 0.905. The molecule has 1 aromatic heterocycles. The van der Waals surface area contributed by atoms with Crippen molar-refractivity contribution in [3.63, 3.8) is 0 Å². The van der Waals surface area contributed by atoms with Crippen molar-refractivity contribution in [3.8, 4) is 11.6 Å². The van der Waals surface area contributed by atoms with Crippen molar-refractivity contribution in [2.45, 2.75) is 20.4 Å². The number of ether oxygens (including phenoxy) is 1. The molecule has 2 N–H and O–H groups in total. The second-order valence-corrected chi connectivity index (χ2v) is 4.15. The maximum Gasteiger partial charge on any atom is 0.224 e. The van der Waals surface area contributed by atoms with Crippen molar-refractivity contribution in [2.24, 2.45) is 5.73 Å². The molecule has 1 heterocycles. The van der Waals surface area contributed by atoms with Crippen molar-refractivity contribution < 1.29 is 9.13 Å². The first-order chi connectivity index (χ1) is 8.61. The molecule has 4 heteroatoms. The molecular formula is C14H15FN2O. The average Bonchev–Trinajstić information content (AvgIpc) is 2.34. The molecular weight excluding hydrogens is 231 g/mol. The number of aryl methyl sites for hydroxylation is 2. The third kappa shape index (κ3) is 2.49. The number of halogens is 1. The van der Waals surface area contributed by atoms with Crippen LogP contribution in [0.5, 0.6) is 11.6 Å². The van der Waals surface area contributed by atoms with Crippen LogP contribution in [0.3, 0.4) is 0 Å². The van der Waals surface area contributed by atoms with E-state index in [1.165, 1.54) is 6.07 Å².